The number of ether oxygens (including phenoxy) is 1. The van der Waals surface area contributed by atoms with Crippen LogP contribution in [0.1, 0.15) is 18.9 Å². The Morgan fingerprint density at radius 2 is 2.00 bits per heavy atom. The number of nitrogens with zero attached hydrogens (tertiary/aromatic N) is 3. The zero-order valence-corrected chi connectivity index (χ0v) is 13.9. The molecule has 0 bridgehead atoms. The van der Waals surface area contributed by atoms with Gasteiger partial charge in [0.15, 0.2) is 0 Å². The number of alkyl halides is 4. The summed E-state index contributed by atoms with van der Waals surface area (Å²) in [5.41, 5.74) is -1.75. The molecule has 0 fully saturated rings. The summed E-state index contributed by atoms with van der Waals surface area (Å²) in [6.45, 7) is 1.23. The van der Waals surface area contributed by atoms with Crippen LogP contribution >= 0.6 is 23.2 Å². The molecule has 0 aliphatic heterocycles. The Balaban J connectivity index is 2.53. The highest BCUT2D eigenvalue weighted by molar-refractivity contribution is 6.35. The fourth-order valence-corrected chi connectivity index (χ4v) is 2.87. The molecule has 0 saturated carbocycles. The Bertz CT molecular complexity index is 685. The fraction of sp³-hybridized carbons (Fsp3) is 0.429. The minimum Gasteiger partial charge on any atom is -0.302 e. The van der Waals surface area contributed by atoms with E-state index in [1.807, 2.05) is 0 Å². The Morgan fingerprint density at radius 3 is 2.50 bits per heavy atom. The van der Waals surface area contributed by atoms with Gasteiger partial charge in [-0.15, -0.1) is 0 Å². The van der Waals surface area contributed by atoms with E-state index in [4.69, 9.17) is 23.2 Å². The summed E-state index contributed by atoms with van der Waals surface area (Å²) in [7, 11) is 0. The van der Waals surface area contributed by atoms with E-state index in [-0.39, 0.29) is 28.6 Å². The average Bonchev–Trinajstić information content (AvgIpc) is 2.98. The molecule has 0 aliphatic rings. The number of rotatable bonds is 7. The highest BCUT2D eigenvalue weighted by Crippen LogP contribution is 2.42. The number of hydrogen-bond donors (Lipinski definition) is 0. The van der Waals surface area contributed by atoms with Gasteiger partial charge in [-0.3, -0.25) is 0 Å². The van der Waals surface area contributed by atoms with E-state index in [0.717, 1.165) is 0 Å². The molecule has 0 N–H and O–H groups in total. The number of hydrogen-bond acceptors (Lipinski definition) is 3. The highest BCUT2D eigenvalue weighted by atomic mass is 35.5. The summed E-state index contributed by atoms with van der Waals surface area (Å²) < 4.78 is 58.5. The molecule has 1 unspecified atom stereocenters. The SMILES string of the molecule is CCC(Cn1cncn1)(OC(F)(F)C(F)F)c1ccc(Cl)cc1Cl. The van der Waals surface area contributed by atoms with E-state index in [1.54, 1.807) is 0 Å². The van der Waals surface area contributed by atoms with Crippen LogP contribution in [0.25, 0.3) is 0 Å². The maximum Gasteiger partial charge on any atom is 0.417 e. The van der Waals surface area contributed by atoms with E-state index in [1.165, 1.54) is 42.5 Å². The second kappa shape index (κ2) is 7.25. The first kappa shape index (κ1) is 19.0. The minimum absolute atomic E-state index is 0.0227. The van der Waals surface area contributed by atoms with Gasteiger partial charge < -0.3 is 4.74 Å². The third-order valence-electron chi connectivity index (χ3n) is 3.46. The van der Waals surface area contributed by atoms with Crippen molar-refractivity contribution in [2.75, 3.05) is 0 Å². The molecule has 10 heteroatoms. The largest absolute Gasteiger partial charge is 0.417 e. The molecule has 2 aromatic rings. The minimum atomic E-state index is -4.67. The lowest BCUT2D eigenvalue weighted by molar-refractivity contribution is -0.350. The standard InChI is InChI=1S/C14H13Cl2F4N3O/c1-2-13(6-23-8-21-7-22-23,24-14(19,20)12(17)18)10-4-3-9(15)5-11(10)16/h3-5,7-8,12H,2,6H2,1H3. The number of benzene rings is 1. The van der Waals surface area contributed by atoms with E-state index in [2.05, 4.69) is 14.8 Å². The third-order valence-corrected chi connectivity index (χ3v) is 4.01. The van der Waals surface area contributed by atoms with Gasteiger partial charge in [-0.05, 0) is 18.6 Å². The molecule has 1 aromatic heterocycles. The zero-order valence-electron chi connectivity index (χ0n) is 12.4. The molecular weight excluding hydrogens is 373 g/mol. The summed E-state index contributed by atoms with van der Waals surface area (Å²) in [5, 5.41) is 4.12. The van der Waals surface area contributed by atoms with Gasteiger partial charge in [-0.25, -0.2) is 18.4 Å². The second-order valence-corrected chi connectivity index (χ2v) is 5.87. The topological polar surface area (TPSA) is 39.9 Å². The van der Waals surface area contributed by atoms with Crippen LogP contribution in [0.5, 0.6) is 0 Å². The summed E-state index contributed by atoms with van der Waals surface area (Å²) in [4.78, 5) is 3.71. The van der Waals surface area contributed by atoms with Crippen molar-refractivity contribution in [3.05, 3.63) is 46.5 Å². The van der Waals surface area contributed by atoms with E-state index in [0.29, 0.717) is 0 Å². The third kappa shape index (κ3) is 3.99. The summed E-state index contributed by atoms with van der Waals surface area (Å²) in [6.07, 6.45) is -6.28. The van der Waals surface area contributed by atoms with Gasteiger partial charge in [0, 0.05) is 15.6 Å². The molecule has 0 amide bonds. The van der Waals surface area contributed by atoms with E-state index >= 15 is 0 Å². The van der Waals surface area contributed by atoms with Crippen LogP contribution in [0, 0.1) is 0 Å². The predicted octanol–water partition coefficient (Wildman–Crippen LogP) is 4.76. The average molecular weight is 386 g/mol. The summed E-state index contributed by atoms with van der Waals surface area (Å²) >= 11 is 11.9. The first-order valence-corrected chi connectivity index (χ1v) is 7.60. The smallest absolute Gasteiger partial charge is 0.302 e. The predicted molar refractivity (Wildman–Crippen MR) is 80.5 cm³/mol. The Labute approximate surface area is 145 Å². The molecule has 0 saturated heterocycles. The van der Waals surface area contributed by atoms with Gasteiger partial charge in [-0.1, -0.05) is 36.2 Å². The quantitative estimate of drug-likeness (QED) is 0.644. The first-order valence-electron chi connectivity index (χ1n) is 6.84. The Kier molecular flexibility index (Phi) is 5.72. The normalized spacial score (nSPS) is 14.8. The highest BCUT2D eigenvalue weighted by Gasteiger charge is 2.50. The van der Waals surface area contributed by atoms with Crippen molar-refractivity contribution in [2.24, 2.45) is 0 Å². The Hall–Kier alpha value is -1.38. The van der Waals surface area contributed by atoms with Crippen molar-refractivity contribution in [2.45, 2.75) is 38.0 Å². The number of aromatic nitrogens is 3. The molecule has 1 atom stereocenters. The molecule has 24 heavy (non-hydrogen) atoms. The van der Waals surface area contributed by atoms with E-state index in [9.17, 15) is 17.6 Å². The van der Waals surface area contributed by atoms with Crippen LogP contribution in [0.3, 0.4) is 0 Å². The molecule has 1 heterocycles. The van der Waals surface area contributed by atoms with E-state index < -0.39 is 18.1 Å². The van der Waals surface area contributed by atoms with Gasteiger partial charge in [0.05, 0.1) is 6.54 Å². The fourth-order valence-electron chi connectivity index (χ4n) is 2.29. The van der Waals surface area contributed by atoms with Crippen molar-refractivity contribution in [3.8, 4) is 0 Å². The van der Waals surface area contributed by atoms with Crippen LogP contribution in [0.15, 0.2) is 30.9 Å². The molecule has 0 radical (unpaired) electrons. The van der Waals surface area contributed by atoms with Crippen molar-refractivity contribution >= 4 is 23.2 Å². The lowest BCUT2D eigenvalue weighted by atomic mass is 9.90. The Morgan fingerprint density at radius 1 is 1.29 bits per heavy atom. The molecule has 132 valence electrons. The van der Waals surface area contributed by atoms with Crippen LogP contribution in [0.2, 0.25) is 10.0 Å². The molecule has 4 nitrogen and oxygen atoms in total. The molecule has 1 aromatic carbocycles. The van der Waals surface area contributed by atoms with Gasteiger partial charge in [0.25, 0.3) is 0 Å². The lowest BCUT2D eigenvalue weighted by Gasteiger charge is -2.36. The van der Waals surface area contributed by atoms with Crippen molar-refractivity contribution in [3.63, 3.8) is 0 Å². The zero-order chi connectivity index (χ0) is 18.0. The molecule has 0 aliphatic carbocycles. The lowest BCUT2D eigenvalue weighted by Crippen LogP contribution is -2.44. The maximum atomic E-state index is 13.7. The first-order chi connectivity index (χ1) is 11.2. The molecule has 2 rings (SSSR count). The van der Waals surface area contributed by atoms with Crippen LogP contribution in [-0.2, 0) is 16.9 Å². The van der Waals surface area contributed by atoms with Crippen molar-refractivity contribution in [1.29, 1.82) is 0 Å². The van der Waals surface area contributed by atoms with Crippen molar-refractivity contribution < 1.29 is 22.3 Å². The monoisotopic (exact) mass is 385 g/mol. The molecule has 0 spiro atoms. The van der Waals surface area contributed by atoms with Gasteiger partial charge in [-0.2, -0.15) is 13.9 Å². The van der Waals surface area contributed by atoms with Crippen LogP contribution < -0.4 is 0 Å². The number of halogens is 6. The second-order valence-electron chi connectivity index (χ2n) is 5.03. The summed E-state index contributed by atoms with van der Waals surface area (Å²) in [6, 6.07) is 4.11. The van der Waals surface area contributed by atoms with Gasteiger partial charge >= 0.3 is 12.5 Å². The maximum absolute atomic E-state index is 13.7. The molecular formula is C14H13Cl2F4N3O. The summed E-state index contributed by atoms with van der Waals surface area (Å²) in [5.74, 6) is 0. The van der Waals surface area contributed by atoms with Gasteiger partial charge in [0.2, 0.25) is 0 Å². The van der Waals surface area contributed by atoms with Crippen LogP contribution in [0.4, 0.5) is 17.6 Å². The van der Waals surface area contributed by atoms with Crippen LogP contribution in [-0.4, -0.2) is 27.3 Å². The van der Waals surface area contributed by atoms with Gasteiger partial charge in [0.1, 0.15) is 18.3 Å². The van der Waals surface area contributed by atoms with Crippen molar-refractivity contribution in [1.82, 2.24) is 14.8 Å².